The molecule has 1 unspecified atom stereocenters. The molecule has 0 aliphatic heterocycles. The van der Waals surface area contributed by atoms with E-state index in [-0.39, 0.29) is 5.41 Å². The predicted octanol–water partition coefficient (Wildman–Crippen LogP) is 3.86. The monoisotopic (exact) mass is 263 g/mol. The van der Waals surface area contributed by atoms with Gasteiger partial charge in [0, 0.05) is 11.0 Å². The van der Waals surface area contributed by atoms with Crippen LogP contribution in [0.3, 0.4) is 0 Å². The van der Waals surface area contributed by atoms with E-state index < -0.39 is 0 Å². The number of Topliss-reactive ketones (excluding diaryl/α,β-unsaturated/α-hetero) is 1. The Morgan fingerprint density at radius 1 is 1.15 bits per heavy atom. The molecule has 1 atom stereocenters. The van der Waals surface area contributed by atoms with Crippen molar-refractivity contribution in [1.82, 2.24) is 0 Å². The lowest BCUT2D eigenvalue weighted by Gasteiger charge is -2.25. The van der Waals surface area contributed by atoms with Crippen molar-refractivity contribution in [3.05, 3.63) is 41.0 Å². The number of hydrogen-bond donors (Lipinski definition) is 0. The number of carbonyl (C=O) groups is 1. The van der Waals surface area contributed by atoms with Crippen LogP contribution in [0.5, 0.6) is 0 Å². The molecule has 2 heteroatoms. The maximum atomic E-state index is 12.9. The maximum absolute atomic E-state index is 12.9. The van der Waals surface area contributed by atoms with E-state index in [0.29, 0.717) is 17.3 Å². The highest BCUT2D eigenvalue weighted by Crippen LogP contribution is 2.65. The van der Waals surface area contributed by atoms with Crippen LogP contribution in [0.25, 0.3) is 5.57 Å². The van der Waals surface area contributed by atoms with Gasteiger partial charge in [-0.25, -0.2) is 0 Å². The van der Waals surface area contributed by atoms with E-state index in [1.54, 1.807) is 0 Å². The van der Waals surface area contributed by atoms with Crippen molar-refractivity contribution >= 4 is 11.4 Å². The van der Waals surface area contributed by atoms with Crippen LogP contribution in [0.15, 0.2) is 29.8 Å². The summed E-state index contributed by atoms with van der Waals surface area (Å²) in [5.41, 5.74) is 4.09. The Kier molecular flexibility index (Phi) is 2.41. The number of allylic oxidation sites excluding steroid dienone is 2. The van der Waals surface area contributed by atoms with Crippen LogP contribution in [-0.2, 0) is 4.79 Å². The van der Waals surface area contributed by atoms with Gasteiger partial charge in [-0.05, 0) is 55.7 Å². The molecule has 1 spiro atoms. The van der Waals surface area contributed by atoms with Crippen LogP contribution in [0.1, 0.15) is 49.7 Å². The molecule has 1 aromatic carbocycles. The third-order valence-electron chi connectivity index (χ3n) is 5.37. The third-order valence-corrected chi connectivity index (χ3v) is 5.37. The van der Waals surface area contributed by atoms with Crippen molar-refractivity contribution in [2.24, 2.45) is 11.3 Å². The Morgan fingerprint density at radius 3 is 2.55 bits per heavy atom. The highest BCUT2D eigenvalue weighted by atomic mass is 16.1. The highest BCUT2D eigenvalue weighted by Gasteiger charge is 2.61. The Morgan fingerprint density at radius 2 is 1.90 bits per heavy atom. The molecule has 0 saturated heterocycles. The van der Waals surface area contributed by atoms with E-state index in [1.807, 2.05) is 24.3 Å². The molecule has 0 N–H and O–H groups in total. The standard InChI is InChI=1S/C18H17NO/c19-11-12-5-7-13(8-6-12)16-14-3-1-2-4-15(14)18(9-10-18)17(16)20/h5-8,15H,1-4,9-10H2. The van der Waals surface area contributed by atoms with Crippen LogP contribution in [0, 0.1) is 22.7 Å². The van der Waals surface area contributed by atoms with Gasteiger partial charge in [0.2, 0.25) is 0 Å². The van der Waals surface area contributed by atoms with E-state index in [4.69, 9.17) is 5.26 Å². The molecule has 3 aliphatic carbocycles. The van der Waals surface area contributed by atoms with Crippen LogP contribution < -0.4 is 0 Å². The molecule has 0 bridgehead atoms. The minimum Gasteiger partial charge on any atom is -0.294 e. The summed E-state index contributed by atoms with van der Waals surface area (Å²) in [5.74, 6) is 0.915. The molecular formula is C18H17NO. The van der Waals surface area contributed by atoms with Crippen molar-refractivity contribution in [2.75, 3.05) is 0 Å². The fourth-order valence-corrected chi connectivity index (χ4v) is 4.21. The van der Waals surface area contributed by atoms with Gasteiger partial charge in [-0.15, -0.1) is 0 Å². The summed E-state index contributed by atoms with van der Waals surface area (Å²) in [6.45, 7) is 0. The lowest BCUT2D eigenvalue weighted by molar-refractivity contribution is -0.118. The van der Waals surface area contributed by atoms with Gasteiger partial charge in [0.15, 0.2) is 5.78 Å². The number of nitrogens with zero attached hydrogens (tertiary/aromatic N) is 1. The number of nitriles is 1. The van der Waals surface area contributed by atoms with Gasteiger partial charge < -0.3 is 0 Å². The zero-order valence-electron chi connectivity index (χ0n) is 11.5. The second-order valence-corrected chi connectivity index (χ2v) is 6.37. The van der Waals surface area contributed by atoms with Crippen LogP contribution in [-0.4, -0.2) is 5.78 Å². The fourth-order valence-electron chi connectivity index (χ4n) is 4.21. The van der Waals surface area contributed by atoms with Gasteiger partial charge in [0.05, 0.1) is 11.6 Å². The molecule has 4 rings (SSSR count). The molecular weight excluding hydrogens is 246 g/mol. The van der Waals surface area contributed by atoms with Gasteiger partial charge in [-0.2, -0.15) is 5.26 Å². The summed E-state index contributed by atoms with van der Waals surface area (Å²) in [6, 6.07) is 9.69. The van der Waals surface area contributed by atoms with Crippen LogP contribution >= 0.6 is 0 Å². The van der Waals surface area contributed by atoms with E-state index in [0.717, 1.165) is 30.4 Å². The van der Waals surface area contributed by atoms with Gasteiger partial charge in [-0.3, -0.25) is 4.79 Å². The molecule has 20 heavy (non-hydrogen) atoms. The normalized spacial score (nSPS) is 26.6. The molecule has 2 fully saturated rings. The van der Waals surface area contributed by atoms with Gasteiger partial charge in [0.25, 0.3) is 0 Å². The number of rotatable bonds is 1. The maximum Gasteiger partial charge on any atom is 0.170 e. The molecule has 1 aromatic rings. The van der Waals surface area contributed by atoms with E-state index >= 15 is 0 Å². The topological polar surface area (TPSA) is 40.9 Å². The zero-order valence-corrected chi connectivity index (χ0v) is 11.5. The Balaban J connectivity index is 1.82. The summed E-state index contributed by atoms with van der Waals surface area (Å²) >= 11 is 0. The second kappa shape index (κ2) is 4.06. The number of benzene rings is 1. The van der Waals surface area contributed by atoms with Crippen molar-refractivity contribution in [2.45, 2.75) is 38.5 Å². The summed E-state index contributed by atoms with van der Waals surface area (Å²) in [5, 5.41) is 8.90. The number of carbonyl (C=O) groups excluding carboxylic acids is 1. The third kappa shape index (κ3) is 1.47. The van der Waals surface area contributed by atoms with Crippen molar-refractivity contribution < 1.29 is 4.79 Å². The fraction of sp³-hybridized carbons (Fsp3) is 0.444. The first kappa shape index (κ1) is 11.9. The Bertz CT molecular complexity index is 656. The minimum absolute atomic E-state index is 0.0149. The summed E-state index contributed by atoms with van der Waals surface area (Å²) in [6.07, 6.45) is 6.94. The average Bonchev–Trinajstić information content (AvgIpc) is 3.26. The average molecular weight is 263 g/mol. The summed E-state index contributed by atoms with van der Waals surface area (Å²) in [4.78, 5) is 12.9. The minimum atomic E-state index is -0.0149. The smallest absolute Gasteiger partial charge is 0.170 e. The van der Waals surface area contributed by atoms with E-state index in [1.165, 1.54) is 24.8 Å². The molecule has 0 radical (unpaired) electrons. The molecule has 0 amide bonds. The Hall–Kier alpha value is -1.88. The lowest BCUT2D eigenvalue weighted by Crippen LogP contribution is -2.21. The summed E-state index contributed by atoms with van der Waals surface area (Å²) < 4.78 is 0. The zero-order chi connectivity index (χ0) is 13.7. The lowest BCUT2D eigenvalue weighted by atomic mass is 9.78. The van der Waals surface area contributed by atoms with Crippen LogP contribution in [0.2, 0.25) is 0 Å². The Labute approximate surface area is 119 Å². The molecule has 2 saturated carbocycles. The molecule has 3 aliphatic rings. The quantitative estimate of drug-likeness (QED) is 0.771. The number of ketones is 1. The van der Waals surface area contributed by atoms with E-state index in [2.05, 4.69) is 6.07 Å². The van der Waals surface area contributed by atoms with Crippen molar-refractivity contribution in [1.29, 1.82) is 5.26 Å². The largest absolute Gasteiger partial charge is 0.294 e. The van der Waals surface area contributed by atoms with Crippen LogP contribution in [0.4, 0.5) is 0 Å². The molecule has 2 nitrogen and oxygen atoms in total. The first-order valence-corrected chi connectivity index (χ1v) is 7.55. The highest BCUT2D eigenvalue weighted by molar-refractivity contribution is 6.28. The number of fused-ring (bicyclic) bond motifs is 2. The summed E-state index contributed by atoms with van der Waals surface area (Å²) in [7, 11) is 0. The number of hydrogen-bond acceptors (Lipinski definition) is 2. The van der Waals surface area contributed by atoms with Gasteiger partial charge >= 0.3 is 0 Å². The molecule has 0 heterocycles. The molecule has 0 aromatic heterocycles. The van der Waals surface area contributed by atoms with Crippen molar-refractivity contribution in [3.63, 3.8) is 0 Å². The predicted molar refractivity (Wildman–Crippen MR) is 76.7 cm³/mol. The van der Waals surface area contributed by atoms with Crippen molar-refractivity contribution in [3.8, 4) is 6.07 Å². The first-order chi connectivity index (χ1) is 9.76. The SMILES string of the molecule is N#Cc1ccc(C2=C3CCCCC3C3(CC3)C2=O)cc1. The van der Waals surface area contributed by atoms with E-state index in [9.17, 15) is 4.79 Å². The van der Waals surface area contributed by atoms with Gasteiger partial charge in [-0.1, -0.05) is 24.1 Å². The second-order valence-electron chi connectivity index (χ2n) is 6.37. The van der Waals surface area contributed by atoms with Gasteiger partial charge in [0.1, 0.15) is 0 Å². The molecule has 100 valence electrons. The first-order valence-electron chi connectivity index (χ1n) is 7.55.